The Morgan fingerprint density at radius 3 is 1.90 bits per heavy atom. The Bertz CT molecular complexity index is 2880. The first-order chi connectivity index (χ1) is 31.5. The largest absolute Gasteiger partial charge is 0.512 e. The zero-order chi connectivity index (χ0) is 48.3. The van der Waals surface area contributed by atoms with Crippen LogP contribution in [0.3, 0.4) is 0 Å². The number of phenols is 8. The predicted molar refractivity (Wildman–Crippen MR) is 221 cm³/mol. The van der Waals surface area contributed by atoms with Crippen molar-refractivity contribution in [3.05, 3.63) is 117 Å². The normalized spacial score (nSPS) is 26.8. The molecule has 21 nitrogen and oxygen atoms in total. The molecule has 1 fully saturated rings. The van der Waals surface area contributed by atoms with E-state index >= 15 is 0 Å². The Hall–Kier alpha value is -7.85. The van der Waals surface area contributed by atoms with E-state index in [1.165, 1.54) is 19.1 Å². The fourth-order valence-electron chi connectivity index (χ4n) is 9.17. The molecule has 21 heteroatoms. The van der Waals surface area contributed by atoms with Crippen LogP contribution in [0, 0.1) is 19.8 Å². The van der Waals surface area contributed by atoms with E-state index in [0.717, 1.165) is 48.6 Å². The number of aromatic hydroxyl groups is 8. The van der Waals surface area contributed by atoms with Crippen molar-refractivity contribution in [2.75, 3.05) is 0 Å². The minimum Gasteiger partial charge on any atom is -0.512 e. The van der Waals surface area contributed by atoms with Gasteiger partial charge in [-0.3, -0.25) is 4.79 Å². The molecule has 0 radical (unpaired) electrons. The van der Waals surface area contributed by atoms with Crippen molar-refractivity contribution in [3.8, 4) is 57.5 Å². The van der Waals surface area contributed by atoms with Crippen molar-refractivity contribution < 1.29 is 104 Å². The molecule has 350 valence electrons. The number of aliphatic hydroxyl groups excluding tert-OH is 2. The van der Waals surface area contributed by atoms with Gasteiger partial charge in [0, 0.05) is 41.3 Å². The molecule has 0 saturated carbocycles. The van der Waals surface area contributed by atoms with Crippen LogP contribution in [0.5, 0.6) is 57.5 Å². The molecule has 8 atom stereocenters. The number of hydrogen-bond donors (Lipinski definition) is 13. The van der Waals surface area contributed by atoms with Crippen molar-refractivity contribution in [2.45, 2.75) is 74.7 Å². The molecular weight excluding hydrogens is 888 g/mol. The van der Waals surface area contributed by atoms with Crippen LogP contribution >= 0.6 is 0 Å². The van der Waals surface area contributed by atoms with Gasteiger partial charge in [0.2, 0.25) is 11.6 Å². The predicted octanol–water partition coefficient (Wildman–Crippen LogP) is 3.10. The summed E-state index contributed by atoms with van der Waals surface area (Å²) in [7, 11) is 0. The van der Waals surface area contributed by atoms with Gasteiger partial charge in [-0.25, -0.2) is 9.59 Å². The zero-order valence-corrected chi connectivity index (χ0v) is 34.8. The van der Waals surface area contributed by atoms with E-state index < -0.39 is 141 Å². The molecule has 2 aliphatic carbocycles. The topological polar surface area (TPSA) is 360 Å². The maximum Gasteiger partial charge on any atom is 0.338 e. The first-order valence-corrected chi connectivity index (χ1v) is 20.4. The Morgan fingerprint density at radius 1 is 0.716 bits per heavy atom. The minimum atomic E-state index is -3.56. The second kappa shape index (κ2) is 15.4. The van der Waals surface area contributed by atoms with Gasteiger partial charge in [0.1, 0.15) is 52.8 Å². The number of ketones is 1. The summed E-state index contributed by atoms with van der Waals surface area (Å²) < 4.78 is 30.3. The molecule has 13 N–H and O–H groups in total. The first kappa shape index (κ1) is 44.4. The monoisotopic (exact) mass is 928 g/mol. The summed E-state index contributed by atoms with van der Waals surface area (Å²) in [6.45, 7) is 3.14. The lowest BCUT2D eigenvalue weighted by Crippen LogP contribution is -2.71. The Morgan fingerprint density at radius 2 is 1.30 bits per heavy atom. The molecule has 2 bridgehead atoms. The van der Waals surface area contributed by atoms with Crippen LogP contribution < -0.4 is 9.47 Å². The third-order valence-electron chi connectivity index (χ3n) is 12.7. The molecule has 4 aromatic carbocycles. The number of aliphatic hydroxyl groups is 5. The Kier molecular flexibility index (Phi) is 10.2. The van der Waals surface area contributed by atoms with Crippen LogP contribution in [-0.2, 0) is 25.4 Å². The number of allylic oxidation sites excluding steroid dienone is 1. The molecule has 3 heterocycles. The number of phenolic OH excluding ortho intramolecular Hbond substituents is 8. The van der Waals surface area contributed by atoms with Crippen LogP contribution in [0.15, 0.2) is 77.8 Å². The fraction of sp³-hybridized carbons (Fsp3) is 0.283. The minimum absolute atomic E-state index is 0.00293. The molecule has 9 rings (SSSR count). The second-order valence-electron chi connectivity index (χ2n) is 16.9. The Labute approximate surface area is 376 Å². The SMILES string of the molecule is Cc1cc([C@H]2OC3C=C(O)C=C(O)C3C[C@H]2OC(=O)c2cc(O)c(O)c(O)c2)c2c(c1C)O[C@@]1(O)C(=O)C([C@H]3Oc4cc(O)cc(O)c4C[C@H]3OC(=O)c3cc(O)c(O)c(O)c3)=C[C@@H]2C1(O)O. The van der Waals surface area contributed by atoms with Gasteiger partial charge in [0.05, 0.1) is 29.1 Å². The average Bonchev–Trinajstić information content (AvgIpc) is 3.25. The number of benzene rings is 4. The molecular formula is C46H40O21. The van der Waals surface area contributed by atoms with Gasteiger partial charge < -0.3 is 90.1 Å². The van der Waals surface area contributed by atoms with Crippen LogP contribution in [-0.4, -0.2) is 120 Å². The molecule has 0 aromatic heterocycles. The number of hydrogen-bond acceptors (Lipinski definition) is 21. The van der Waals surface area contributed by atoms with E-state index in [-0.39, 0.29) is 51.7 Å². The number of aryl methyl sites for hydroxylation is 1. The van der Waals surface area contributed by atoms with Crippen molar-refractivity contribution in [1.29, 1.82) is 0 Å². The first-order valence-electron chi connectivity index (χ1n) is 20.4. The van der Waals surface area contributed by atoms with Gasteiger partial charge in [-0.1, -0.05) is 12.1 Å². The molecule has 1 saturated heterocycles. The summed E-state index contributed by atoms with van der Waals surface area (Å²) in [5.41, 5.74) is -1.04. The molecule has 67 heavy (non-hydrogen) atoms. The van der Waals surface area contributed by atoms with Crippen molar-refractivity contribution >= 4 is 17.7 Å². The van der Waals surface area contributed by atoms with Crippen molar-refractivity contribution in [1.82, 2.24) is 0 Å². The van der Waals surface area contributed by atoms with Crippen LogP contribution in [0.25, 0.3) is 0 Å². The number of fused-ring (bicyclic) bond motifs is 6. The maximum atomic E-state index is 14.7. The lowest BCUT2D eigenvalue weighted by molar-refractivity contribution is -0.339. The van der Waals surface area contributed by atoms with E-state index in [0.29, 0.717) is 5.56 Å². The van der Waals surface area contributed by atoms with Crippen LogP contribution in [0.4, 0.5) is 0 Å². The lowest BCUT2D eigenvalue weighted by atomic mass is 9.69. The van der Waals surface area contributed by atoms with Crippen molar-refractivity contribution in [2.24, 2.45) is 5.92 Å². The molecule has 0 amide bonds. The van der Waals surface area contributed by atoms with E-state index in [2.05, 4.69) is 0 Å². The zero-order valence-electron chi connectivity index (χ0n) is 34.8. The number of esters is 2. The molecule has 5 aliphatic rings. The van der Waals surface area contributed by atoms with Gasteiger partial charge in [0.15, 0.2) is 40.6 Å². The molecule has 0 spiro atoms. The molecule has 3 aliphatic heterocycles. The van der Waals surface area contributed by atoms with Crippen molar-refractivity contribution in [3.63, 3.8) is 0 Å². The maximum absolute atomic E-state index is 14.7. The summed E-state index contributed by atoms with van der Waals surface area (Å²) in [5.74, 6) is -21.5. The number of carbonyl (C=O) groups is 3. The summed E-state index contributed by atoms with van der Waals surface area (Å²) in [4.78, 5) is 42.0. The second-order valence-corrected chi connectivity index (χ2v) is 16.9. The third kappa shape index (κ3) is 6.97. The summed E-state index contributed by atoms with van der Waals surface area (Å²) >= 11 is 0. The van der Waals surface area contributed by atoms with E-state index in [1.54, 1.807) is 6.92 Å². The molecule has 4 aromatic rings. The number of carbonyl (C=O) groups excluding carboxylic acids is 3. The standard InChI is InChI=1S/C46H40O21/c1-15-3-23(40-34(13-21-26(49)8-19(47)10-32(21)63-40)65-43(58)17-4-28(51)37(55)29(52)5-17)36-25-12-24(42(57)46(62,45(25,60)61)67-39(36)16(15)2)41-35(14-22-27(50)9-20(48)11-33(22)64-41)66-44(59)18-6-30(53)38(56)31(54)7-18/h3-12,21,25,32,34-35,40-41,47-56,60-62H,13-14H2,1-2H3/t21?,25-,32?,34+,35+,40+,41+,46-/m0/s1. The van der Waals surface area contributed by atoms with Gasteiger partial charge >= 0.3 is 17.7 Å². The summed E-state index contributed by atoms with van der Waals surface area (Å²) in [6, 6.07) is 6.70. The third-order valence-corrected chi connectivity index (χ3v) is 12.7. The van der Waals surface area contributed by atoms with Gasteiger partial charge in [-0.05, 0) is 67.3 Å². The number of rotatable bonds is 6. The summed E-state index contributed by atoms with van der Waals surface area (Å²) in [5, 5.41) is 139. The number of ether oxygens (including phenoxy) is 5. The fourth-order valence-corrected chi connectivity index (χ4v) is 9.17. The van der Waals surface area contributed by atoms with Gasteiger partial charge in [-0.2, -0.15) is 0 Å². The highest BCUT2D eigenvalue weighted by Gasteiger charge is 2.69. The smallest absolute Gasteiger partial charge is 0.338 e. The summed E-state index contributed by atoms with van der Waals surface area (Å²) in [6.07, 6.45) is -4.89. The highest BCUT2D eigenvalue weighted by molar-refractivity contribution is 6.05. The highest BCUT2D eigenvalue weighted by atomic mass is 16.7. The quantitative estimate of drug-likeness (QED) is 0.0750. The van der Waals surface area contributed by atoms with Crippen LogP contribution in [0.2, 0.25) is 0 Å². The average molecular weight is 929 g/mol. The van der Waals surface area contributed by atoms with E-state index in [9.17, 15) is 80.8 Å². The molecule has 2 unspecified atom stereocenters. The van der Waals surface area contributed by atoms with E-state index in [1.807, 2.05) is 0 Å². The lowest BCUT2D eigenvalue weighted by Gasteiger charge is -2.51. The van der Waals surface area contributed by atoms with Crippen LogP contribution in [0.1, 0.15) is 67.0 Å². The van der Waals surface area contributed by atoms with Gasteiger partial charge in [0.25, 0.3) is 0 Å². The van der Waals surface area contributed by atoms with E-state index in [4.69, 9.17) is 23.7 Å². The number of Topliss-reactive ketones (excluding diaryl/α,β-unsaturated/α-hetero) is 1. The van der Waals surface area contributed by atoms with Gasteiger partial charge in [-0.15, -0.1) is 0 Å². The Balaban J connectivity index is 1.19. The highest BCUT2D eigenvalue weighted by Crippen LogP contribution is 2.57.